The molecule has 0 bridgehead atoms. The number of carbonyl (C=O) groups is 1. The van der Waals surface area contributed by atoms with Gasteiger partial charge in [-0.1, -0.05) is 0 Å². The predicted octanol–water partition coefficient (Wildman–Crippen LogP) is 0.764. The number of hydrogen-bond acceptors (Lipinski definition) is 9. The lowest BCUT2D eigenvalue weighted by Gasteiger charge is -2.45. The molecular weight excluding hydrogens is 412 g/mol. The van der Waals surface area contributed by atoms with Gasteiger partial charge in [-0.05, 0) is 58.4 Å². The average molecular weight is 445 g/mol. The average Bonchev–Trinajstić information content (AvgIpc) is 3.44. The van der Waals surface area contributed by atoms with Crippen LogP contribution in [0.4, 0.5) is 5.82 Å². The molecule has 0 aliphatic carbocycles. The molecule has 5 heterocycles. The number of anilines is 1. The summed E-state index contributed by atoms with van der Waals surface area (Å²) in [5.74, 6) is -0.0870. The van der Waals surface area contributed by atoms with Gasteiger partial charge >= 0.3 is 5.97 Å². The standard InChI is InChI=1S/C22H32N6O4/c1-14(29)31-18-17(30)16(12-27-8-3-5-22(27)6-10-26(2)11-7-22)32-21(18)28-9-4-15-19(23)24-13-25-20(15)28/h4,9,13,16-18,21,30H,3,5-8,10-12H2,1-2H3,(H2,23,24,25)/t16-,17-,18-,21-/m1/s1. The zero-order valence-electron chi connectivity index (χ0n) is 18.7. The summed E-state index contributed by atoms with van der Waals surface area (Å²) >= 11 is 0. The number of fused-ring (bicyclic) bond motifs is 1. The summed E-state index contributed by atoms with van der Waals surface area (Å²) in [6.45, 7) is 5.11. The van der Waals surface area contributed by atoms with Crippen molar-refractivity contribution >= 4 is 22.8 Å². The van der Waals surface area contributed by atoms with Gasteiger partial charge in [0.15, 0.2) is 12.3 Å². The molecule has 10 nitrogen and oxygen atoms in total. The lowest BCUT2D eigenvalue weighted by Crippen LogP contribution is -2.54. The molecule has 174 valence electrons. The molecule has 0 unspecified atom stereocenters. The van der Waals surface area contributed by atoms with Gasteiger partial charge in [0.05, 0.1) is 5.39 Å². The number of aliphatic hydroxyl groups excluding tert-OH is 1. The molecule has 1 spiro atoms. The van der Waals surface area contributed by atoms with Crippen molar-refractivity contribution in [1.82, 2.24) is 24.3 Å². The summed E-state index contributed by atoms with van der Waals surface area (Å²) in [6.07, 6.45) is 4.83. The van der Waals surface area contributed by atoms with E-state index in [0.29, 0.717) is 23.4 Å². The Hall–Kier alpha value is -2.27. The van der Waals surface area contributed by atoms with Crippen LogP contribution in [0.15, 0.2) is 18.6 Å². The van der Waals surface area contributed by atoms with Crippen molar-refractivity contribution in [2.45, 2.75) is 62.7 Å². The number of aromatic nitrogens is 3. The van der Waals surface area contributed by atoms with Gasteiger partial charge in [-0.25, -0.2) is 9.97 Å². The van der Waals surface area contributed by atoms with Crippen LogP contribution in [-0.2, 0) is 14.3 Å². The molecule has 32 heavy (non-hydrogen) atoms. The van der Waals surface area contributed by atoms with Crippen molar-refractivity contribution in [3.8, 4) is 0 Å². The number of rotatable bonds is 4. The van der Waals surface area contributed by atoms with Gasteiger partial charge in [-0.15, -0.1) is 0 Å². The monoisotopic (exact) mass is 444 g/mol. The number of hydrogen-bond donors (Lipinski definition) is 2. The van der Waals surface area contributed by atoms with Gasteiger partial charge in [0.1, 0.15) is 30.0 Å². The number of carbonyl (C=O) groups excluding carboxylic acids is 1. The molecule has 2 aromatic rings. The molecule has 3 saturated heterocycles. The van der Waals surface area contributed by atoms with Crippen molar-refractivity contribution in [2.75, 3.05) is 39.0 Å². The molecule has 3 aliphatic rings. The zero-order chi connectivity index (χ0) is 22.5. The first-order valence-electron chi connectivity index (χ1n) is 11.4. The molecule has 2 aromatic heterocycles. The van der Waals surface area contributed by atoms with Crippen molar-refractivity contribution in [1.29, 1.82) is 0 Å². The molecular formula is C22H32N6O4. The van der Waals surface area contributed by atoms with Crippen molar-refractivity contribution in [3.63, 3.8) is 0 Å². The number of nitrogen functional groups attached to an aromatic ring is 1. The number of ether oxygens (including phenoxy) is 2. The van der Waals surface area contributed by atoms with Gasteiger partial charge in [0, 0.05) is 25.2 Å². The van der Waals surface area contributed by atoms with Crippen LogP contribution in [0.3, 0.4) is 0 Å². The summed E-state index contributed by atoms with van der Waals surface area (Å²) in [4.78, 5) is 25.1. The summed E-state index contributed by atoms with van der Waals surface area (Å²) in [6, 6.07) is 1.81. The second-order valence-electron chi connectivity index (χ2n) is 9.43. The number of likely N-dealkylation sites (tertiary alicyclic amines) is 2. The molecule has 5 rings (SSSR count). The summed E-state index contributed by atoms with van der Waals surface area (Å²) < 4.78 is 13.7. The van der Waals surface area contributed by atoms with Crippen LogP contribution in [0.25, 0.3) is 11.0 Å². The predicted molar refractivity (Wildman–Crippen MR) is 118 cm³/mol. The summed E-state index contributed by atoms with van der Waals surface area (Å²) in [5.41, 5.74) is 6.74. The fraction of sp³-hybridized carbons (Fsp3) is 0.682. The van der Waals surface area contributed by atoms with E-state index in [2.05, 4.69) is 26.8 Å². The molecule has 0 aromatic carbocycles. The third-order valence-electron chi connectivity index (χ3n) is 7.49. The lowest BCUT2D eigenvalue weighted by atomic mass is 9.85. The molecule has 10 heteroatoms. The van der Waals surface area contributed by atoms with Gasteiger partial charge in [0.2, 0.25) is 0 Å². The number of nitrogens with zero attached hydrogens (tertiary/aromatic N) is 5. The Morgan fingerprint density at radius 3 is 2.84 bits per heavy atom. The van der Waals surface area contributed by atoms with Crippen LogP contribution in [-0.4, -0.2) is 92.5 Å². The van der Waals surface area contributed by atoms with E-state index in [9.17, 15) is 9.90 Å². The minimum Gasteiger partial charge on any atom is -0.455 e. The van der Waals surface area contributed by atoms with Gasteiger partial charge in [0.25, 0.3) is 0 Å². The largest absolute Gasteiger partial charge is 0.455 e. The molecule has 0 radical (unpaired) electrons. The Balaban J connectivity index is 1.41. The highest BCUT2D eigenvalue weighted by Crippen LogP contribution is 2.41. The van der Waals surface area contributed by atoms with Crippen LogP contribution in [0.1, 0.15) is 38.8 Å². The van der Waals surface area contributed by atoms with E-state index in [4.69, 9.17) is 15.2 Å². The number of piperidine rings is 1. The van der Waals surface area contributed by atoms with E-state index < -0.39 is 30.5 Å². The maximum atomic E-state index is 11.8. The van der Waals surface area contributed by atoms with Gasteiger partial charge < -0.3 is 29.8 Å². The first kappa shape index (κ1) is 21.6. The Bertz CT molecular complexity index is 988. The van der Waals surface area contributed by atoms with E-state index in [0.717, 1.165) is 38.9 Å². The van der Waals surface area contributed by atoms with E-state index in [-0.39, 0.29) is 5.54 Å². The number of nitrogens with two attached hydrogens (primary N) is 1. The van der Waals surface area contributed by atoms with Crippen molar-refractivity contribution < 1.29 is 19.4 Å². The normalized spacial score (nSPS) is 31.0. The third-order valence-corrected chi connectivity index (χ3v) is 7.49. The smallest absolute Gasteiger partial charge is 0.303 e. The Labute approximate surface area is 187 Å². The van der Waals surface area contributed by atoms with Crippen LogP contribution in [0.2, 0.25) is 0 Å². The highest BCUT2D eigenvalue weighted by molar-refractivity contribution is 5.86. The highest BCUT2D eigenvalue weighted by atomic mass is 16.6. The maximum Gasteiger partial charge on any atom is 0.303 e. The zero-order valence-corrected chi connectivity index (χ0v) is 18.7. The number of esters is 1. The first-order valence-corrected chi connectivity index (χ1v) is 11.4. The quantitative estimate of drug-likeness (QED) is 0.659. The van der Waals surface area contributed by atoms with Gasteiger partial charge in [-0.2, -0.15) is 0 Å². The maximum absolute atomic E-state index is 11.8. The summed E-state index contributed by atoms with van der Waals surface area (Å²) in [7, 11) is 2.17. The van der Waals surface area contributed by atoms with E-state index in [1.807, 2.05) is 6.07 Å². The Morgan fingerprint density at radius 2 is 2.09 bits per heavy atom. The van der Waals surface area contributed by atoms with Crippen LogP contribution in [0.5, 0.6) is 0 Å². The topological polar surface area (TPSA) is 119 Å². The van der Waals surface area contributed by atoms with Crippen LogP contribution < -0.4 is 5.73 Å². The van der Waals surface area contributed by atoms with Crippen LogP contribution >= 0.6 is 0 Å². The van der Waals surface area contributed by atoms with E-state index in [1.165, 1.54) is 19.7 Å². The fourth-order valence-corrected chi connectivity index (χ4v) is 5.70. The third kappa shape index (κ3) is 3.64. The van der Waals surface area contributed by atoms with E-state index >= 15 is 0 Å². The second-order valence-corrected chi connectivity index (χ2v) is 9.43. The Kier molecular flexibility index (Phi) is 5.56. The molecule has 4 atom stereocenters. The minimum atomic E-state index is -0.940. The molecule has 3 aliphatic heterocycles. The van der Waals surface area contributed by atoms with Crippen LogP contribution in [0, 0.1) is 0 Å². The second kappa shape index (κ2) is 8.26. The van der Waals surface area contributed by atoms with Crippen molar-refractivity contribution in [2.24, 2.45) is 0 Å². The highest BCUT2D eigenvalue weighted by Gasteiger charge is 2.50. The minimum absolute atomic E-state index is 0.173. The fourth-order valence-electron chi connectivity index (χ4n) is 5.70. The molecule has 3 N–H and O–H groups in total. The lowest BCUT2D eigenvalue weighted by molar-refractivity contribution is -0.155. The first-order chi connectivity index (χ1) is 15.4. The van der Waals surface area contributed by atoms with E-state index in [1.54, 1.807) is 10.8 Å². The SMILES string of the molecule is CC(=O)O[C@@H]1[C@H](O)[C@@H](CN2CCCC23CCN(C)CC3)O[C@H]1n1ccc2c(N)ncnc21. The molecule has 0 saturated carbocycles. The van der Waals surface area contributed by atoms with Crippen molar-refractivity contribution in [3.05, 3.63) is 18.6 Å². The molecule has 3 fully saturated rings. The molecule has 0 amide bonds. The van der Waals surface area contributed by atoms with Gasteiger partial charge in [-0.3, -0.25) is 9.69 Å². The Morgan fingerprint density at radius 1 is 1.31 bits per heavy atom. The number of aliphatic hydroxyl groups is 1. The summed E-state index contributed by atoms with van der Waals surface area (Å²) in [5, 5.41) is 11.9.